The van der Waals surface area contributed by atoms with Gasteiger partial charge < -0.3 is 24.5 Å². The van der Waals surface area contributed by atoms with Crippen molar-refractivity contribution in [1.82, 2.24) is 9.47 Å². The number of ether oxygens (including phenoxy) is 3. The fraction of sp³-hybridized carbons (Fsp3) is 0.542. The zero-order valence-electron chi connectivity index (χ0n) is 18.6. The van der Waals surface area contributed by atoms with E-state index in [-0.39, 0.29) is 5.91 Å². The first kappa shape index (κ1) is 21.7. The number of carbonyl (C=O) groups excluding carboxylic acids is 1. The number of amides is 1. The fourth-order valence-corrected chi connectivity index (χ4v) is 4.69. The average molecular weight is 428 g/mol. The third-order valence-electron chi connectivity index (χ3n) is 6.15. The topological polar surface area (TPSA) is 79.0 Å². The molecule has 4 rings (SSSR count). The summed E-state index contributed by atoms with van der Waals surface area (Å²) in [6.07, 6.45) is 2.89. The molecule has 1 amide bonds. The molecule has 1 saturated heterocycles. The Morgan fingerprint density at radius 2 is 1.81 bits per heavy atom. The second-order valence-electron chi connectivity index (χ2n) is 8.21. The van der Waals surface area contributed by atoms with Crippen LogP contribution in [0.25, 0.3) is 11.1 Å². The van der Waals surface area contributed by atoms with E-state index in [0.717, 1.165) is 87.0 Å². The Balaban J connectivity index is 1.68. The smallest absolute Gasteiger partial charge is 0.251 e. The summed E-state index contributed by atoms with van der Waals surface area (Å²) in [5, 5.41) is 0. The standard InChI is InChI=1S/C24H33N3O4/c1-3-5-19-23(18-6-7-20-21(16-18)31-15-14-30-20)22(24(25)28)17(2)27(19)9-4-8-26-10-12-29-13-11-26/h6-7,16H,3-5,8-15H2,1-2H3,(H2,25,28). The normalized spacial score (nSPS) is 16.5. The predicted octanol–water partition coefficient (Wildman–Crippen LogP) is 3.01. The Morgan fingerprint density at radius 1 is 1.06 bits per heavy atom. The van der Waals surface area contributed by atoms with Crippen molar-refractivity contribution in [3.05, 3.63) is 35.2 Å². The minimum Gasteiger partial charge on any atom is -0.486 e. The predicted molar refractivity (Wildman–Crippen MR) is 120 cm³/mol. The Bertz CT molecular complexity index is 931. The van der Waals surface area contributed by atoms with E-state index in [1.807, 2.05) is 25.1 Å². The Labute approximate surface area is 184 Å². The van der Waals surface area contributed by atoms with E-state index >= 15 is 0 Å². The molecule has 2 aromatic rings. The Morgan fingerprint density at radius 3 is 2.52 bits per heavy atom. The average Bonchev–Trinajstić information content (AvgIpc) is 3.06. The minimum absolute atomic E-state index is 0.383. The number of morpholine rings is 1. The number of nitrogens with zero attached hydrogens (tertiary/aromatic N) is 2. The van der Waals surface area contributed by atoms with Gasteiger partial charge in [0.05, 0.1) is 18.8 Å². The van der Waals surface area contributed by atoms with Crippen LogP contribution >= 0.6 is 0 Å². The van der Waals surface area contributed by atoms with Crippen LogP contribution in [-0.4, -0.2) is 61.4 Å². The molecule has 0 saturated carbocycles. The van der Waals surface area contributed by atoms with E-state index in [1.54, 1.807) is 0 Å². The van der Waals surface area contributed by atoms with Crippen LogP contribution in [0.2, 0.25) is 0 Å². The summed E-state index contributed by atoms with van der Waals surface area (Å²) in [6, 6.07) is 5.91. The highest BCUT2D eigenvalue weighted by atomic mass is 16.6. The molecule has 7 nitrogen and oxygen atoms in total. The first-order valence-electron chi connectivity index (χ1n) is 11.3. The van der Waals surface area contributed by atoms with Gasteiger partial charge in [-0.1, -0.05) is 19.4 Å². The fourth-order valence-electron chi connectivity index (χ4n) is 4.69. The zero-order valence-corrected chi connectivity index (χ0v) is 18.6. The van der Waals surface area contributed by atoms with Gasteiger partial charge in [-0.2, -0.15) is 0 Å². The van der Waals surface area contributed by atoms with Gasteiger partial charge in [0.2, 0.25) is 0 Å². The Kier molecular flexibility index (Phi) is 6.83. The molecule has 0 aliphatic carbocycles. The molecule has 2 N–H and O–H groups in total. The molecule has 2 aliphatic heterocycles. The second-order valence-corrected chi connectivity index (χ2v) is 8.21. The maximum absolute atomic E-state index is 12.5. The molecule has 0 unspecified atom stereocenters. The minimum atomic E-state index is -0.383. The number of primary amides is 1. The number of carbonyl (C=O) groups is 1. The van der Waals surface area contributed by atoms with Gasteiger partial charge in [-0.3, -0.25) is 9.69 Å². The summed E-state index contributed by atoms with van der Waals surface area (Å²) in [5.74, 6) is 1.08. The van der Waals surface area contributed by atoms with Gasteiger partial charge in [0.25, 0.3) is 5.91 Å². The monoisotopic (exact) mass is 427 g/mol. The van der Waals surface area contributed by atoms with Crippen LogP contribution in [0, 0.1) is 6.92 Å². The molecule has 3 heterocycles. The number of hydrogen-bond donors (Lipinski definition) is 1. The van der Waals surface area contributed by atoms with Crippen LogP contribution in [0.4, 0.5) is 0 Å². The van der Waals surface area contributed by atoms with E-state index in [4.69, 9.17) is 19.9 Å². The van der Waals surface area contributed by atoms with Crippen molar-refractivity contribution >= 4 is 5.91 Å². The highest BCUT2D eigenvalue weighted by molar-refractivity contribution is 6.02. The van der Waals surface area contributed by atoms with Crippen molar-refractivity contribution in [3.8, 4) is 22.6 Å². The Hall–Kier alpha value is -2.51. The summed E-state index contributed by atoms with van der Waals surface area (Å²) < 4.78 is 19.2. The molecule has 1 aromatic carbocycles. The SMILES string of the molecule is CCCc1c(-c2ccc3c(c2)OCCO3)c(C(N)=O)c(C)n1CCCN1CCOCC1. The summed E-state index contributed by atoms with van der Waals surface area (Å²) in [6.45, 7) is 10.7. The summed E-state index contributed by atoms with van der Waals surface area (Å²) in [4.78, 5) is 15.0. The van der Waals surface area contributed by atoms with Crippen molar-refractivity contribution in [3.63, 3.8) is 0 Å². The van der Waals surface area contributed by atoms with Crippen LogP contribution in [0.3, 0.4) is 0 Å². The van der Waals surface area contributed by atoms with E-state index in [2.05, 4.69) is 16.4 Å². The van der Waals surface area contributed by atoms with Crippen molar-refractivity contribution in [2.45, 2.75) is 39.7 Å². The quantitative estimate of drug-likeness (QED) is 0.701. The van der Waals surface area contributed by atoms with Gasteiger partial charge in [0.1, 0.15) is 13.2 Å². The molecule has 31 heavy (non-hydrogen) atoms. The number of hydrogen-bond acceptors (Lipinski definition) is 5. The number of nitrogens with two attached hydrogens (primary N) is 1. The molecular weight excluding hydrogens is 394 g/mol. The van der Waals surface area contributed by atoms with Crippen molar-refractivity contribution in [1.29, 1.82) is 0 Å². The molecule has 0 radical (unpaired) electrons. The first-order valence-corrected chi connectivity index (χ1v) is 11.3. The maximum atomic E-state index is 12.5. The molecule has 1 fully saturated rings. The van der Waals surface area contributed by atoms with Crippen molar-refractivity contribution < 1.29 is 19.0 Å². The molecule has 168 valence electrons. The number of fused-ring (bicyclic) bond motifs is 1. The lowest BCUT2D eigenvalue weighted by Crippen LogP contribution is -2.37. The highest BCUT2D eigenvalue weighted by Crippen LogP contribution is 2.39. The van der Waals surface area contributed by atoms with Gasteiger partial charge in [-0.05, 0) is 37.5 Å². The van der Waals surface area contributed by atoms with E-state index < -0.39 is 0 Å². The van der Waals surface area contributed by atoms with Gasteiger partial charge in [-0.25, -0.2) is 0 Å². The van der Waals surface area contributed by atoms with E-state index in [9.17, 15) is 4.79 Å². The number of rotatable bonds is 8. The molecule has 0 atom stereocenters. The van der Waals surface area contributed by atoms with Crippen LogP contribution < -0.4 is 15.2 Å². The first-order chi connectivity index (χ1) is 15.1. The van der Waals surface area contributed by atoms with Crippen molar-refractivity contribution in [2.75, 3.05) is 46.1 Å². The molecular formula is C24H33N3O4. The van der Waals surface area contributed by atoms with Gasteiger partial charge in [0.15, 0.2) is 11.5 Å². The van der Waals surface area contributed by atoms with Crippen LogP contribution in [0.5, 0.6) is 11.5 Å². The lowest BCUT2D eigenvalue weighted by molar-refractivity contribution is 0.0369. The van der Waals surface area contributed by atoms with E-state index in [0.29, 0.717) is 18.8 Å². The third kappa shape index (κ3) is 4.57. The van der Waals surface area contributed by atoms with Gasteiger partial charge in [0, 0.05) is 43.1 Å². The van der Waals surface area contributed by atoms with Crippen molar-refractivity contribution in [2.24, 2.45) is 5.73 Å². The number of benzene rings is 1. The van der Waals surface area contributed by atoms with Gasteiger partial charge in [-0.15, -0.1) is 0 Å². The largest absolute Gasteiger partial charge is 0.486 e. The maximum Gasteiger partial charge on any atom is 0.251 e. The highest BCUT2D eigenvalue weighted by Gasteiger charge is 2.25. The van der Waals surface area contributed by atoms with Crippen LogP contribution in [0.15, 0.2) is 18.2 Å². The molecule has 2 aliphatic rings. The molecule has 0 bridgehead atoms. The molecule has 7 heteroatoms. The third-order valence-corrected chi connectivity index (χ3v) is 6.15. The molecule has 0 spiro atoms. The number of aromatic nitrogens is 1. The summed E-state index contributed by atoms with van der Waals surface area (Å²) >= 11 is 0. The van der Waals surface area contributed by atoms with Crippen LogP contribution in [0.1, 0.15) is 41.5 Å². The summed E-state index contributed by atoms with van der Waals surface area (Å²) in [5.41, 5.74) is 10.5. The second kappa shape index (κ2) is 9.75. The molecule has 1 aromatic heterocycles. The van der Waals surface area contributed by atoms with Gasteiger partial charge >= 0.3 is 0 Å². The summed E-state index contributed by atoms with van der Waals surface area (Å²) in [7, 11) is 0. The zero-order chi connectivity index (χ0) is 21.8. The lowest BCUT2D eigenvalue weighted by atomic mass is 9.97. The van der Waals surface area contributed by atoms with E-state index in [1.165, 1.54) is 5.69 Å². The van der Waals surface area contributed by atoms with Crippen LogP contribution in [-0.2, 0) is 17.7 Å². The lowest BCUT2D eigenvalue weighted by Gasteiger charge is -2.26.